The van der Waals surface area contributed by atoms with Gasteiger partial charge in [-0.25, -0.2) is 8.42 Å². The molecular formula is C22H21ClN2O5S. The fraction of sp³-hybridized carbons (Fsp3) is 0.227. The average Bonchev–Trinajstić information content (AvgIpc) is 2.79. The molecule has 4 rings (SSSR count). The van der Waals surface area contributed by atoms with Crippen LogP contribution >= 0.6 is 11.6 Å². The Balaban J connectivity index is 1.42. The Bertz CT molecular complexity index is 1200. The van der Waals surface area contributed by atoms with Gasteiger partial charge in [0.2, 0.25) is 10.0 Å². The normalized spacial score (nSPS) is 15.0. The number of benzene rings is 3. The molecule has 0 aliphatic carbocycles. The van der Waals surface area contributed by atoms with Gasteiger partial charge in [-0.1, -0.05) is 48.0 Å². The number of carbonyl (C=O) groups is 1. The van der Waals surface area contributed by atoms with Gasteiger partial charge in [0.05, 0.1) is 23.1 Å². The monoisotopic (exact) mass is 460 g/mol. The van der Waals surface area contributed by atoms with Crippen LogP contribution in [0.5, 0.6) is 5.75 Å². The van der Waals surface area contributed by atoms with E-state index in [9.17, 15) is 13.2 Å². The predicted octanol–water partition coefficient (Wildman–Crippen LogP) is 3.53. The second-order valence-corrected chi connectivity index (χ2v) is 9.32. The molecule has 9 heteroatoms. The molecule has 3 aromatic carbocycles. The summed E-state index contributed by atoms with van der Waals surface area (Å²) in [5.74, 6) is -0.118. The molecule has 1 saturated heterocycles. The number of morpholine rings is 1. The number of anilines is 1. The highest BCUT2D eigenvalue weighted by Gasteiger charge is 2.27. The molecule has 0 saturated carbocycles. The van der Waals surface area contributed by atoms with Crippen molar-refractivity contribution in [3.8, 4) is 5.75 Å². The Morgan fingerprint density at radius 1 is 1.06 bits per heavy atom. The van der Waals surface area contributed by atoms with Gasteiger partial charge in [-0.05, 0) is 29.7 Å². The molecule has 162 valence electrons. The Morgan fingerprint density at radius 2 is 1.81 bits per heavy atom. The summed E-state index contributed by atoms with van der Waals surface area (Å²) in [6, 6.07) is 17.6. The summed E-state index contributed by atoms with van der Waals surface area (Å²) in [6.45, 7) is 1.05. The van der Waals surface area contributed by atoms with Gasteiger partial charge in [-0.15, -0.1) is 0 Å². The number of halogens is 1. The molecule has 3 aromatic rings. The van der Waals surface area contributed by atoms with E-state index >= 15 is 0 Å². The zero-order valence-corrected chi connectivity index (χ0v) is 18.2. The van der Waals surface area contributed by atoms with Gasteiger partial charge < -0.3 is 14.8 Å². The van der Waals surface area contributed by atoms with Gasteiger partial charge in [-0.2, -0.15) is 4.31 Å². The molecule has 1 heterocycles. The van der Waals surface area contributed by atoms with Crippen molar-refractivity contribution < 1.29 is 22.7 Å². The number of carbonyl (C=O) groups excluding carboxylic acids is 1. The van der Waals surface area contributed by atoms with Crippen molar-refractivity contribution in [1.82, 2.24) is 4.31 Å². The number of nitrogens with one attached hydrogen (secondary N) is 1. The zero-order valence-electron chi connectivity index (χ0n) is 16.6. The minimum absolute atomic E-state index is 0.0759. The standard InChI is InChI=1S/C22H21ClN2O5S/c23-19-14-17(31(27,28)25-10-12-29-13-11-25)8-9-21(19)30-15-22(26)24-20-7-3-5-16-4-1-2-6-18(16)20/h1-9,14H,10-13,15H2,(H,24,26). The van der Waals surface area contributed by atoms with Crippen LogP contribution in [0.25, 0.3) is 10.8 Å². The van der Waals surface area contributed by atoms with Crippen LogP contribution in [-0.4, -0.2) is 51.5 Å². The summed E-state index contributed by atoms with van der Waals surface area (Å²) < 4.78 is 37.6. The molecule has 0 aromatic heterocycles. The van der Waals surface area contributed by atoms with E-state index in [1.54, 1.807) is 0 Å². The third-order valence-electron chi connectivity index (χ3n) is 4.93. The molecule has 1 fully saturated rings. The largest absolute Gasteiger partial charge is 0.482 e. The summed E-state index contributed by atoms with van der Waals surface area (Å²) in [5.41, 5.74) is 0.685. The van der Waals surface area contributed by atoms with Crippen LogP contribution in [0, 0.1) is 0 Å². The molecule has 0 atom stereocenters. The number of nitrogens with zero attached hydrogens (tertiary/aromatic N) is 1. The van der Waals surface area contributed by atoms with E-state index < -0.39 is 10.0 Å². The quantitative estimate of drug-likeness (QED) is 0.608. The highest BCUT2D eigenvalue weighted by Crippen LogP contribution is 2.29. The molecule has 1 aliphatic rings. The maximum absolute atomic E-state index is 12.7. The van der Waals surface area contributed by atoms with Crippen molar-refractivity contribution in [2.75, 3.05) is 38.2 Å². The lowest BCUT2D eigenvalue weighted by molar-refractivity contribution is -0.118. The van der Waals surface area contributed by atoms with E-state index in [-0.39, 0.29) is 28.2 Å². The number of amides is 1. The van der Waals surface area contributed by atoms with E-state index in [1.165, 1.54) is 22.5 Å². The number of hydrogen-bond acceptors (Lipinski definition) is 5. The molecule has 1 amide bonds. The highest BCUT2D eigenvalue weighted by atomic mass is 35.5. The van der Waals surface area contributed by atoms with E-state index in [4.69, 9.17) is 21.1 Å². The summed E-state index contributed by atoms with van der Waals surface area (Å²) >= 11 is 6.23. The third kappa shape index (κ3) is 4.83. The fourth-order valence-corrected chi connectivity index (χ4v) is 5.09. The Morgan fingerprint density at radius 3 is 2.58 bits per heavy atom. The summed E-state index contributed by atoms with van der Waals surface area (Å²) in [6.07, 6.45) is 0. The second-order valence-electron chi connectivity index (χ2n) is 6.97. The van der Waals surface area contributed by atoms with Crippen molar-refractivity contribution in [3.05, 3.63) is 65.7 Å². The maximum Gasteiger partial charge on any atom is 0.262 e. The smallest absolute Gasteiger partial charge is 0.262 e. The van der Waals surface area contributed by atoms with Crippen LogP contribution in [-0.2, 0) is 19.6 Å². The molecule has 0 bridgehead atoms. The van der Waals surface area contributed by atoms with Crippen molar-refractivity contribution in [2.45, 2.75) is 4.90 Å². The fourth-order valence-electron chi connectivity index (χ4n) is 3.36. The van der Waals surface area contributed by atoms with Crippen molar-refractivity contribution in [3.63, 3.8) is 0 Å². The van der Waals surface area contributed by atoms with Crippen molar-refractivity contribution in [1.29, 1.82) is 0 Å². The lowest BCUT2D eigenvalue weighted by Gasteiger charge is -2.26. The van der Waals surface area contributed by atoms with E-state index in [1.807, 2.05) is 42.5 Å². The van der Waals surface area contributed by atoms with Gasteiger partial charge in [0.1, 0.15) is 5.75 Å². The molecule has 1 aliphatic heterocycles. The van der Waals surface area contributed by atoms with Gasteiger partial charge in [-0.3, -0.25) is 4.79 Å². The van der Waals surface area contributed by atoms with Crippen LogP contribution in [0.4, 0.5) is 5.69 Å². The topological polar surface area (TPSA) is 84.9 Å². The lowest BCUT2D eigenvalue weighted by Crippen LogP contribution is -2.40. The average molecular weight is 461 g/mol. The predicted molar refractivity (Wildman–Crippen MR) is 119 cm³/mol. The van der Waals surface area contributed by atoms with Crippen LogP contribution in [0.3, 0.4) is 0 Å². The first kappa shape index (κ1) is 21.6. The van der Waals surface area contributed by atoms with Gasteiger partial charge in [0.15, 0.2) is 6.61 Å². The maximum atomic E-state index is 12.7. The third-order valence-corrected chi connectivity index (χ3v) is 7.12. The van der Waals surface area contributed by atoms with Gasteiger partial charge >= 0.3 is 0 Å². The number of sulfonamides is 1. The van der Waals surface area contributed by atoms with Crippen LogP contribution in [0.2, 0.25) is 5.02 Å². The van der Waals surface area contributed by atoms with Crippen LogP contribution in [0.15, 0.2) is 65.6 Å². The van der Waals surface area contributed by atoms with E-state index in [0.717, 1.165) is 10.8 Å². The number of hydrogen-bond donors (Lipinski definition) is 1. The van der Waals surface area contributed by atoms with Crippen molar-refractivity contribution >= 4 is 44.0 Å². The molecule has 0 radical (unpaired) electrons. The summed E-state index contributed by atoms with van der Waals surface area (Å²) in [5, 5.41) is 4.89. The summed E-state index contributed by atoms with van der Waals surface area (Å²) in [4.78, 5) is 12.5. The first-order chi connectivity index (χ1) is 14.9. The molecule has 31 heavy (non-hydrogen) atoms. The van der Waals surface area contributed by atoms with Crippen molar-refractivity contribution in [2.24, 2.45) is 0 Å². The van der Waals surface area contributed by atoms with Crippen LogP contribution < -0.4 is 10.1 Å². The number of rotatable bonds is 6. The lowest BCUT2D eigenvalue weighted by atomic mass is 10.1. The number of fused-ring (bicyclic) bond motifs is 1. The minimum Gasteiger partial charge on any atom is -0.482 e. The Kier molecular flexibility index (Phi) is 6.43. The summed E-state index contributed by atoms with van der Waals surface area (Å²) in [7, 11) is -3.66. The van der Waals surface area contributed by atoms with Crippen LogP contribution in [0.1, 0.15) is 0 Å². The van der Waals surface area contributed by atoms with Gasteiger partial charge in [0, 0.05) is 24.2 Å². The highest BCUT2D eigenvalue weighted by molar-refractivity contribution is 7.89. The van der Waals surface area contributed by atoms with Gasteiger partial charge in [0.25, 0.3) is 5.91 Å². The molecular weight excluding hydrogens is 440 g/mol. The Hall–Kier alpha value is -2.65. The van der Waals surface area contributed by atoms with E-state index in [2.05, 4.69) is 5.32 Å². The SMILES string of the molecule is O=C(COc1ccc(S(=O)(=O)N2CCOCC2)cc1Cl)Nc1cccc2ccccc12. The second kappa shape index (κ2) is 9.23. The molecule has 1 N–H and O–H groups in total. The number of ether oxygens (including phenoxy) is 2. The molecule has 0 spiro atoms. The Labute approximate surface area is 185 Å². The first-order valence-electron chi connectivity index (χ1n) is 9.73. The molecule has 7 nitrogen and oxygen atoms in total. The zero-order chi connectivity index (χ0) is 21.8. The minimum atomic E-state index is -3.66. The first-order valence-corrected chi connectivity index (χ1v) is 11.5. The van der Waals surface area contributed by atoms with E-state index in [0.29, 0.717) is 32.0 Å². The molecule has 0 unspecified atom stereocenters.